The molecule has 5 heteroatoms. The highest BCUT2D eigenvalue weighted by Gasteiger charge is 2.09. The summed E-state index contributed by atoms with van der Waals surface area (Å²) in [5.74, 6) is -0.131. The molecule has 0 atom stereocenters. The van der Waals surface area contributed by atoms with Crippen LogP contribution in [0.1, 0.15) is 16.1 Å². The van der Waals surface area contributed by atoms with Gasteiger partial charge in [0.1, 0.15) is 11.4 Å². The molecule has 82 valence electrons. The number of aromatic nitrogens is 2. The summed E-state index contributed by atoms with van der Waals surface area (Å²) < 4.78 is 0. The number of H-pyrrole nitrogens is 1. The lowest BCUT2D eigenvalue weighted by molar-refractivity contribution is 0.102. The highest BCUT2D eigenvalue weighted by atomic mass is 16.3. The van der Waals surface area contributed by atoms with Crippen LogP contribution in [0, 0.1) is 6.92 Å². The zero-order valence-corrected chi connectivity index (χ0v) is 8.69. The van der Waals surface area contributed by atoms with E-state index < -0.39 is 0 Å². The molecule has 2 rings (SSSR count). The molecule has 0 aliphatic heterocycles. The van der Waals surface area contributed by atoms with Gasteiger partial charge in [0.15, 0.2) is 0 Å². The van der Waals surface area contributed by atoms with E-state index in [-0.39, 0.29) is 11.7 Å². The van der Waals surface area contributed by atoms with Gasteiger partial charge in [-0.3, -0.25) is 9.89 Å². The molecule has 0 unspecified atom stereocenters. The zero-order valence-electron chi connectivity index (χ0n) is 8.69. The van der Waals surface area contributed by atoms with Gasteiger partial charge < -0.3 is 10.4 Å². The number of rotatable bonds is 2. The lowest BCUT2D eigenvalue weighted by Gasteiger charge is -2.08. The summed E-state index contributed by atoms with van der Waals surface area (Å²) >= 11 is 0. The Kier molecular flexibility index (Phi) is 2.59. The molecule has 0 bridgehead atoms. The first-order valence-corrected chi connectivity index (χ1v) is 4.78. The summed E-state index contributed by atoms with van der Waals surface area (Å²) in [4.78, 5) is 11.7. The number of phenols is 1. The molecule has 0 aliphatic carbocycles. The second kappa shape index (κ2) is 4.06. The van der Waals surface area contributed by atoms with Crippen molar-refractivity contribution in [1.82, 2.24) is 10.2 Å². The van der Waals surface area contributed by atoms with Crippen LogP contribution in [0.2, 0.25) is 0 Å². The molecule has 1 aromatic heterocycles. The smallest absolute Gasteiger partial charge is 0.273 e. The molecule has 3 N–H and O–H groups in total. The first-order chi connectivity index (χ1) is 7.68. The Labute approximate surface area is 92.1 Å². The number of hydrogen-bond donors (Lipinski definition) is 3. The third kappa shape index (κ3) is 1.88. The van der Waals surface area contributed by atoms with Gasteiger partial charge in [0.25, 0.3) is 5.91 Å². The van der Waals surface area contributed by atoms with Crippen molar-refractivity contribution in [2.24, 2.45) is 0 Å². The summed E-state index contributed by atoms with van der Waals surface area (Å²) in [5, 5.41) is 18.4. The van der Waals surface area contributed by atoms with E-state index in [0.29, 0.717) is 16.9 Å². The van der Waals surface area contributed by atoms with Crippen LogP contribution in [0.15, 0.2) is 30.5 Å². The first-order valence-electron chi connectivity index (χ1n) is 4.78. The van der Waals surface area contributed by atoms with Crippen LogP contribution in [-0.4, -0.2) is 21.2 Å². The normalized spacial score (nSPS) is 10.1. The quantitative estimate of drug-likeness (QED) is 0.716. The van der Waals surface area contributed by atoms with Gasteiger partial charge in [-0.05, 0) is 25.1 Å². The maximum absolute atomic E-state index is 11.7. The Bertz CT molecular complexity index is 506. The lowest BCUT2D eigenvalue weighted by atomic mass is 10.2. The SMILES string of the molecule is Cc1c(O)cccc1NC(=O)c1ccn[nH]1. The number of hydrogen-bond acceptors (Lipinski definition) is 3. The molecule has 0 radical (unpaired) electrons. The largest absolute Gasteiger partial charge is 0.508 e. The van der Waals surface area contributed by atoms with E-state index in [0.717, 1.165) is 0 Å². The highest BCUT2D eigenvalue weighted by Crippen LogP contribution is 2.24. The molecule has 16 heavy (non-hydrogen) atoms. The van der Waals surface area contributed by atoms with Crippen LogP contribution >= 0.6 is 0 Å². The molecule has 2 aromatic rings. The predicted molar refractivity (Wildman–Crippen MR) is 59.4 cm³/mol. The first kappa shape index (κ1) is 10.2. The Morgan fingerprint density at radius 2 is 2.25 bits per heavy atom. The number of carbonyl (C=O) groups excluding carboxylic acids is 1. The van der Waals surface area contributed by atoms with Gasteiger partial charge in [0.2, 0.25) is 0 Å². The number of aromatic hydroxyl groups is 1. The minimum absolute atomic E-state index is 0.155. The zero-order chi connectivity index (χ0) is 11.5. The summed E-state index contributed by atoms with van der Waals surface area (Å²) in [5.41, 5.74) is 1.60. The molecule has 0 spiro atoms. The number of nitrogens with one attached hydrogen (secondary N) is 2. The van der Waals surface area contributed by atoms with E-state index in [4.69, 9.17) is 0 Å². The van der Waals surface area contributed by atoms with Crippen LogP contribution in [0.5, 0.6) is 5.75 Å². The molecule has 0 aliphatic rings. The third-order valence-corrected chi connectivity index (χ3v) is 2.30. The van der Waals surface area contributed by atoms with Gasteiger partial charge in [0, 0.05) is 17.4 Å². The molecule has 1 aromatic carbocycles. The van der Waals surface area contributed by atoms with E-state index in [1.54, 1.807) is 31.2 Å². The van der Waals surface area contributed by atoms with Crippen molar-refractivity contribution >= 4 is 11.6 Å². The topological polar surface area (TPSA) is 78.0 Å². The fraction of sp³-hybridized carbons (Fsp3) is 0.0909. The van der Waals surface area contributed by atoms with Crippen LogP contribution in [-0.2, 0) is 0 Å². The minimum atomic E-state index is -0.286. The Morgan fingerprint density at radius 1 is 1.44 bits per heavy atom. The standard InChI is InChI=1S/C11H11N3O2/c1-7-8(3-2-4-10(7)15)13-11(16)9-5-6-12-14-9/h2-6,15H,1H3,(H,12,14)(H,13,16). The number of carbonyl (C=O) groups is 1. The lowest BCUT2D eigenvalue weighted by Crippen LogP contribution is -2.13. The molecule has 1 heterocycles. The second-order valence-corrected chi connectivity index (χ2v) is 3.37. The van der Waals surface area contributed by atoms with Gasteiger partial charge in [-0.1, -0.05) is 6.07 Å². The van der Waals surface area contributed by atoms with Crippen molar-refractivity contribution < 1.29 is 9.90 Å². The molecular weight excluding hydrogens is 206 g/mol. The molecule has 0 fully saturated rings. The van der Waals surface area contributed by atoms with Crippen LogP contribution < -0.4 is 5.32 Å². The van der Waals surface area contributed by atoms with Crippen molar-refractivity contribution in [1.29, 1.82) is 0 Å². The number of nitrogens with zero attached hydrogens (tertiary/aromatic N) is 1. The fourth-order valence-electron chi connectivity index (χ4n) is 1.33. The highest BCUT2D eigenvalue weighted by molar-refractivity contribution is 6.03. The van der Waals surface area contributed by atoms with E-state index in [1.165, 1.54) is 6.20 Å². The predicted octanol–water partition coefficient (Wildman–Crippen LogP) is 1.68. The molecule has 0 saturated carbocycles. The Morgan fingerprint density at radius 3 is 2.94 bits per heavy atom. The van der Waals surface area contributed by atoms with E-state index in [1.807, 2.05) is 0 Å². The average molecular weight is 217 g/mol. The maximum atomic E-state index is 11.7. The summed E-state index contributed by atoms with van der Waals surface area (Å²) in [6.07, 6.45) is 1.50. The average Bonchev–Trinajstić information content (AvgIpc) is 2.78. The summed E-state index contributed by atoms with van der Waals surface area (Å²) in [6.45, 7) is 1.73. The van der Waals surface area contributed by atoms with Gasteiger partial charge in [-0.2, -0.15) is 5.10 Å². The van der Waals surface area contributed by atoms with Crippen molar-refractivity contribution in [2.75, 3.05) is 5.32 Å². The number of benzene rings is 1. The van der Waals surface area contributed by atoms with E-state index in [9.17, 15) is 9.90 Å². The van der Waals surface area contributed by atoms with Crippen molar-refractivity contribution in [2.45, 2.75) is 6.92 Å². The molecule has 5 nitrogen and oxygen atoms in total. The monoisotopic (exact) mass is 217 g/mol. The summed E-state index contributed by atoms with van der Waals surface area (Å²) in [6, 6.07) is 6.54. The fourth-order valence-corrected chi connectivity index (χ4v) is 1.33. The van der Waals surface area contributed by atoms with E-state index in [2.05, 4.69) is 15.5 Å². The van der Waals surface area contributed by atoms with E-state index >= 15 is 0 Å². The molecule has 1 amide bonds. The number of anilines is 1. The van der Waals surface area contributed by atoms with Crippen LogP contribution in [0.4, 0.5) is 5.69 Å². The number of amides is 1. The molecule has 0 saturated heterocycles. The second-order valence-electron chi connectivity index (χ2n) is 3.37. The van der Waals surface area contributed by atoms with Crippen molar-refractivity contribution in [3.63, 3.8) is 0 Å². The van der Waals surface area contributed by atoms with Crippen LogP contribution in [0.3, 0.4) is 0 Å². The van der Waals surface area contributed by atoms with Crippen molar-refractivity contribution in [3.8, 4) is 5.75 Å². The maximum Gasteiger partial charge on any atom is 0.273 e. The van der Waals surface area contributed by atoms with Gasteiger partial charge in [0.05, 0.1) is 0 Å². The Balaban J connectivity index is 2.22. The van der Waals surface area contributed by atoms with Gasteiger partial charge >= 0.3 is 0 Å². The Hall–Kier alpha value is -2.30. The third-order valence-electron chi connectivity index (χ3n) is 2.30. The van der Waals surface area contributed by atoms with Gasteiger partial charge in [-0.25, -0.2) is 0 Å². The van der Waals surface area contributed by atoms with Crippen molar-refractivity contribution in [3.05, 3.63) is 41.7 Å². The minimum Gasteiger partial charge on any atom is -0.508 e. The molecular formula is C11H11N3O2. The van der Waals surface area contributed by atoms with Gasteiger partial charge in [-0.15, -0.1) is 0 Å². The summed E-state index contributed by atoms with van der Waals surface area (Å²) in [7, 11) is 0. The van der Waals surface area contributed by atoms with Crippen LogP contribution in [0.25, 0.3) is 0 Å². The number of aromatic amines is 1. The number of phenolic OH excluding ortho intramolecular Hbond substituents is 1.